The van der Waals surface area contributed by atoms with Gasteiger partial charge in [-0.3, -0.25) is 14.5 Å². The molecule has 1 aliphatic rings. The van der Waals surface area contributed by atoms with E-state index in [1.54, 1.807) is 36.4 Å². The van der Waals surface area contributed by atoms with Gasteiger partial charge in [-0.2, -0.15) is 0 Å². The average Bonchev–Trinajstić information content (AvgIpc) is 2.95. The van der Waals surface area contributed by atoms with Gasteiger partial charge in [0.15, 0.2) is 11.5 Å². The molecule has 0 spiro atoms. The number of halogens is 1. The predicted octanol–water partition coefficient (Wildman–Crippen LogP) is 5.25. The number of nitrogens with zero attached hydrogens (tertiary/aromatic N) is 1. The van der Waals surface area contributed by atoms with Crippen molar-refractivity contribution in [3.63, 3.8) is 0 Å². The van der Waals surface area contributed by atoms with Crippen molar-refractivity contribution in [2.75, 3.05) is 13.2 Å². The quantitative estimate of drug-likeness (QED) is 0.551. The monoisotopic (exact) mass is 415 g/mol. The third-order valence-corrected chi connectivity index (χ3v) is 5.08. The summed E-state index contributed by atoms with van der Waals surface area (Å²) in [5.74, 6) is 0.451. The molecule has 0 bridgehead atoms. The van der Waals surface area contributed by atoms with Crippen molar-refractivity contribution in [1.82, 2.24) is 4.90 Å². The molecule has 0 unspecified atom stereocenters. The summed E-state index contributed by atoms with van der Waals surface area (Å²) in [6, 6.07) is 11.5. The molecule has 29 heavy (non-hydrogen) atoms. The second-order valence-corrected chi connectivity index (χ2v) is 7.38. The van der Waals surface area contributed by atoms with Crippen molar-refractivity contribution in [2.45, 2.75) is 26.9 Å². The third-order valence-electron chi connectivity index (χ3n) is 4.17. The maximum atomic E-state index is 13.3. The Labute approximate surface area is 173 Å². The normalized spacial score (nSPS) is 15.3. The Kier molecular flexibility index (Phi) is 6.93. The number of ether oxygens (including phenoxy) is 2. The van der Waals surface area contributed by atoms with Crippen molar-refractivity contribution in [2.24, 2.45) is 0 Å². The van der Waals surface area contributed by atoms with E-state index in [0.717, 1.165) is 23.7 Å². The summed E-state index contributed by atoms with van der Waals surface area (Å²) in [6.07, 6.45) is 2.40. The summed E-state index contributed by atoms with van der Waals surface area (Å²) < 4.78 is 24.8. The molecule has 7 heteroatoms. The lowest BCUT2D eigenvalue weighted by molar-refractivity contribution is -0.122. The summed E-state index contributed by atoms with van der Waals surface area (Å²) in [5, 5.41) is -0.247. The van der Waals surface area contributed by atoms with E-state index < -0.39 is 0 Å². The average molecular weight is 415 g/mol. The van der Waals surface area contributed by atoms with Crippen molar-refractivity contribution < 1.29 is 23.5 Å². The van der Waals surface area contributed by atoms with Crippen LogP contribution in [0.25, 0.3) is 6.08 Å². The molecule has 152 valence electrons. The lowest BCUT2D eigenvalue weighted by Crippen LogP contribution is -2.28. The second-order valence-electron chi connectivity index (χ2n) is 6.39. The minimum Gasteiger partial charge on any atom is -0.490 e. The van der Waals surface area contributed by atoms with Gasteiger partial charge < -0.3 is 9.47 Å². The molecule has 3 rings (SSSR count). The molecule has 0 saturated carbocycles. The molecule has 2 amide bonds. The predicted molar refractivity (Wildman–Crippen MR) is 111 cm³/mol. The van der Waals surface area contributed by atoms with Crippen LogP contribution in [0.1, 0.15) is 31.4 Å². The zero-order chi connectivity index (χ0) is 20.8. The Morgan fingerprint density at radius 3 is 2.62 bits per heavy atom. The number of carbonyl (C=O) groups is 2. The van der Waals surface area contributed by atoms with Gasteiger partial charge in [0.1, 0.15) is 12.4 Å². The number of benzene rings is 2. The fourth-order valence-electron chi connectivity index (χ4n) is 2.86. The van der Waals surface area contributed by atoms with E-state index in [-0.39, 0.29) is 23.6 Å². The molecule has 0 aromatic heterocycles. The highest BCUT2D eigenvalue weighted by Crippen LogP contribution is 2.35. The highest BCUT2D eigenvalue weighted by Gasteiger charge is 2.34. The first kappa shape index (κ1) is 20.9. The molecule has 0 atom stereocenters. The largest absolute Gasteiger partial charge is 0.490 e. The SMILES string of the molecule is CCCN1C(=O)S/C(=C/c2ccc(OCc3cccc(F)c3)c(OCC)c2)C1=O. The van der Waals surface area contributed by atoms with E-state index in [9.17, 15) is 14.0 Å². The van der Waals surface area contributed by atoms with Gasteiger partial charge in [0.25, 0.3) is 11.1 Å². The van der Waals surface area contributed by atoms with Crippen LogP contribution < -0.4 is 9.47 Å². The Hall–Kier alpha value is -2.80. The van der Waals surface area contributed by atoms with Crippen LogP contribution in [0.4, 0.5) is 9.18 Å². The Balaban J connectivity index is 1.79. The minimum atomic E-state index is -0.316. The van der Waals surface area contributed by atoms with Crippen molar-refractivity contribution in [3.05, 3.63) is 64.3 Å². The molecule has 1 aliphatic heterocycles. The van der Waals surface area contributed by atoms with Gasteiger partial charge in [-0.25, -0.2) is 4.39 Å². The van der Waals surface area contributed by atoms with Crippen LogP contribution in [0.15, 0.2) is 47.4 Å². The summed E-state index contributed by atoms with van der Waals surface area (Å²) >= 11 is 0.940. The molecule has 1 heterocycles. The number of thioether (sulfide) groups is 1. The number of hydrogen-bond acceptors (Lipinski definition) is 5. The Bertz CT molecular complexity index is 944. The Morgan fingerprint density at radius 1 is 1.07 bits per heavy atom. The Morgan fingerprint density at radius 2 is 1.90 bits per heavy atom. The molecule has 0 aliphatic carbocycles. The molecule has 0 radical (unpaired) electrons. The van der Waals surface area contributed by atoms with Crippen LogP contribution in [0.5, 0.6) is 11.5 Å². The maximum Gasteiger partial charge on any atom is 0.293 e. The number of hydrogen-bond donors (Lipinski definition) is 0. The van der Waals surface area contributed by atoms with Gasteiger partial charge >= 0.3 is 0 Å². The molecule has 0 N–H and O–H groups in total. The van der Waals surface area contributed by atoms with Gasteiger partial charge in [-0.05, 0) is 66.6 Å². The van der Waals surface area contributed by atoms with Crippen LogP contribution >= 0.6 is 11.8 Å². The highest BCUT2D eigenvalue weighted by atomic mass is 32.2. The molecule has 2 aromatic rings. The summed E-state index contributed by atoms with van der Waals surface area (Å²) in [7, 11) is 0. The van der Waals surface area contributed by atoms with Crippen LogP contribution in [0.2, 0.25) is 0 Å². The number of rotatable bonds is 8. The summed E-state index contributed by atoms with van der Waals surface area (Å²) in [5.41, 5.74) is 1.44. The van der Waals surface area contributed by atoms with E-state index in [4.69, 9.17) is 9.47 Å². The van der Waals surface area contributed by atoms with E-state index in [1.165, 1.54) is 17.0 Å². The van der Waals surface area contributed by atoms with Gasteiger partial charge in [0.2, 0.25) is 0 Å². The fraction of sp³-hybridized carbons (Fsp3) is 0.273. The van der Waals surface area contributed by atoms with Gasteiger partial charge in [-0.1, -0.05) is 25.1 Å². The molecule has 1 fully saturated rings. The highest BCUT2D eigenvalue weighted by molar-refractivity contribution is 8.18. The summed E-state index contributed by atoms with van der Waals surface area (Å²) in [6.45, 7) is 4.84. The number of carbonyl (C=O) groups excluding carboxylic acids is 2. The lowest BCUT2D eigenvalue weighted by Gasteiger charge is -2.13. The maximum absolute atomic E-state index is 13.3. The smallest absolute Gasteiger partial charge is 0.293 e. The zero-order valence-corrected chi connectivity index (χ0v) is 17.1. The third kappa shape index (κ3) is 5.17. The first-order chi connectivity index (χ1) is 14.0. The van der Waals surface area contributed by atoms with Crippen molar-refractivity contribution in [1.29, 1.82) is 0 Å². The van der Waals surface area contributed by atoms with Crippen molar-refractivity contribution >= 4 is 29.0 Å². The standard InChI is InChI=1S/C22H22FNO4S/c1-3-10-24-21(25)20(29-22(24)26)13-15-8-9-18(19(12-15)27-4-2)28-14-16-6-5-7-17(23)11-16/h5-9,11-13H,3-4,10,14H2,1-2H3/b20-13+. The van der Waals surface area contributed by atoms with Gasteiger partial charge in [0.05, 0.1) is 11.5 Å². The van der Waals surface area contributed by atoms with Crippen LogP contribution in [0.3, 0.4) is 0 Å². The minimum absolute atomic E-state index is 0.201. The van der Waals surface area contributed by atoms with E-state index in [1.807, 2.05) is 13.8 Å². The van der Waals surface area contributed by atoms with Crippen LogP contribution in [0, 0.1) is 5.82 Å². The first-order valence-corrected chi connectivity index (χ1v) is 10.2. The van der Waals surface area contributed by atoms with Crippen molar-refractivity contribution in [3.8, 4) is 11.5 Å². The molecule has 1 saturated heterocycles. The summed E-state index contributed by atoms with van der Waals surface area (Å²) in [4.78, 5) is 26.1. The van der Waals surface area contributed by atoms with E-state index in [0.29, 0.717) is 35.1 Å². The molecule has 5 nitrogen and oxygen atoms in total. The number of amides is 2. The van der Waals surface area contributed by atoms with E-state index in [2.05, 4.69) is 0 Å². The molecular formula is C22H22FNO4S. The lowest BCUT2D eigenvalue weighted by atomic mass is 10.1. The topological polar surface area (TPSA) is 55.8 Å². The first-order valence-electron chi connectivity index (χ1n) is 9.41. The molecular weight excluding hydrogens is 393 g/mol. The fourth-order valence-corrected chi connectivity index (χ4v) is 3.72. The van der Waals surface area contributed by atoms with E-state index >= 15 is 0 Å². The van der Waals surface area contributed by atoms with Crippen LogP contribution in [-0.4, -0.2) is 29.2 Å². The van der Waals surface area contributed by atoms with Crippen LogP contribution in [-0.2, 0) is 11.4 Å². The second kappa shape index (κ2) is 9.60. The molecule has 2 aromatic carbocycles. The van der Waals surface area contributed by atoms with Gasteiger partial charge in [-0.15, -0.1) is 0 Å². The number of imide groups is 1. The van der Waals surface area contributed by atoms with Gasteiger partial charge in [0, 0.05) is 6.54 Å². The zero-order valence-electron chi connectivity index (χ0n) is 16.3.